The molecule has 1 aromatic carbocycles. The Labute approximate surface area is 174 Å². The van der Waals surface area contributed by atoms with Gasteiger partial charge in [-0.3, -0.25) is 14.4 Å². The number of aryl methyl sites for hydroxylation is 1. The molecule has 2 heterocycles. The van der Waals surface area contributed by atoms with Crippen molar-refractivity contribution in [2.75, 3.05) is 13.6 Å². The minimum atomic E-state index is -0.862. The number of β-amino-alcohol motifs (C(OH)–C–C–N with tert-alkyl or cyclic N) is 1. The molecule has 0 spiro atoms. The lowest BCUT2D eigenvalue weighted by atomic mass is 10.0. The lowest BCUT2D eigenvalue weighted by Gasteiger charge is -2.25. The predicted octanol–water partition coefficient (Wildman–Crippen LogP) is -0.0392. The van der Waals surface area contributed by atoms with E-state index in [0.29, 0.717) is 17.9 Å². The number of nitrogens with zero attached hydrogens (tertiary/aromatic N) is 2. The second-order valence-corrected chi connectivity index (χ2v) is 7.43. The highest BCUT2D eigenvalue weighted by atomic mass is 16.5. The Morgan fingerprint density at radius 1 is 1.30 bits per heavy atom. The first-order valence-corrected chi connectivity index (χ1v) is 9.83. The summed E-state index contributed by atoms with van der Waals surface area (Å²) in [6, 6.07) is 9.33. The van der Waals surface area contributed by atoms with Gasteiger partial charge < -0.3 is 25.2 Å². The van der Waals surface area contributed by atoms with Crippen molar-refractivity contribution >= 4 is 17.7 Å². The van der Waals surface area contributed by atoms with Crippen LogP contribution in [0.4, 0.5) is 0 Å². The number of aromatic nitrogens is 1. The van der Waals surface area contributed by atoms with Crippen LogP contribution in [0.3, 0.4) is 0 Å². The van der Waals surface area contributed by atoms with Crippen molar-refractivity contribution in [3.05, 3.63) is 53.4 Å². The Kier molecular flexibility index (Phi) is 6.83. The highest BCUT2D eigenvalue weighted by Gasteiger charge is 2.40. The van der Waals surface area contributed by atoms with Crippen LogP contribution in [-0.4, -0.2) is 64.7 Å². The number of carbonyl (C=O) groups excluding carboxylic acids is 3. The minimum absolute atomic E-state index is 0.0490. The molecule has 1 aliphatic rings. The third-order valence-electron chi connectivity index (χ3n) is 5.07. The zero-order valence-corrected chi connectivity index (χ0v) is 17.0. The minimum Gasteiger partial charge on any atom is -0.391 e. The van der Waals surface area contributed by atoms with Gasteiger partial charge in [-0.15, -0.1) is 0 Å². The van der Waals surface area contributed by atoms with Crippen molar-refractivity contribution in [2.45, 2.75) is 44.4 Å². The summed E-state index contributed by atoms with van der Waals surface area (Å²) in [6.45, 7) is 1.80. The lowest BCUT2D eigenvalue weighted by molar-refractivity contribution is -0.139. The highest BCUT2D eigenvalue weighted by Crippen LogP contribution is 2.20. The molecule has 1 aliphatic heterocycles. The number of benzene rings is 1. The number of hydrogen-bond acceptors (Lipinski definition) is 6. The van der Waals surface area contributed by atoms with Crippen molar-refractivity contribution in [2.24, 2.45) is 0 Å². The molecule has 9 nitrogen and oxygen atoms in total. The van der Waals surface area contributed by atoms with E-state index < -0.39 is 24.1 Å². The Bertz CT molecular complexity index is 898. The lowest BCUT2D eigenvalue weighted by Crippen LogP contribution is -2.53. The molecule has 2 aromatic rings. The molecule has 160 valence electrons. The number of hydrogen-bond donors (Lipinski definition) is 3. The zero-order chi connectivity index (χ0) is 21.7. The number of likely N-dealkylation sites (tertiary alicyclic amines) is 1. The molecule has 3 amide bonds. The Morgan fingerprint density at radius 3 is 2.67 bits per heavy atom. The first-order valence-electron chi connectivity index (χ1n) is 9.83. The third kappa shape index (κ3) is 5.24. The van der Waals surface area contributed by atoms with Gasteiger partial charge in [-0.2, -0.15) is 0 Å². The van der Waals surface area contributed by atoms with Gasteiger partial charge in [0.15, 0.2) is 0 Å². The SMILES string of the molecule is CNC(=O)[C@@H](Cc1ccccc1)NC(=O)[C@@H]1C[C@@H](O)CN1C(=O)Cc1cc(C)no1. The van der Waals surface area contributed by atoms with Gasteiger partial charge in [0.2, 0.25) is 17.7 Å². The summed E-state index contributed by atoms with van der Waals surface area (Å²) in [7, 11) is 1.50. The number of aliphatic hydroxyl groups is 1. The number of aliphatic hydroxyl groups excluding tert-OH is 1. The van der Waals surface area contributed by atoms with Crippen LogP contribution < -0.4 is 10.6 Å². The molecule has 1 fully saturated rings. The molecule has 3 atom stereocenters. The van der Waals surface area contributed by atoms with Crippen molar-refractivity contribution in [1.82, 2.24) is 20.7 Å². The molecule has 9 heteroatoms. The molecule has 1 aromatic heterocycles. The Hall–Kier alpha value is -3.20. The van der Waals surface area contributed by atoms with E-state index in [4.69, 9.17) is 4.52 Å². The van der Waals surface area contributed by atoms with Crippen LogP contribution >= 0.6 is 0 Å². The van der Waals surface area contributed by atoms with Gasteiger partial charge in [0.25, 0.3) is 0 Å². The molecule has 0 aliphatic carbocycles. The standard InChI is InChI=1S/C21H26N4O5/c1-13-8-16(30-24-13)11-19(27)25-12-15(26)10-18(25)21(29)23-17(20(28)22-2)9-14-6-4-3-5-7-14/h3-8,15,17-18,26H,9-12H2,1-2H3,(H,22,28)(H,23,29)/t15-,17-,18+/m1/s1. The van der Waals surface area contributed by atoms with Crippen LogP contribution in [0.5, 0.6) is 0 Å². The van der Waals surface area contributed by atoms with Crippen molar-refractivity contribution < 1.29 is 24.0 Å². The molecule has 30 heavy (non-hydrogen) atoms. The molecule has 0 bridgehead atoms. The molecular weight excluding hydrogens is 388 g/mol. The van der Waals surface area contributed by atoms with E-state index in [2.05, 4.69) is 15.8 Å². The van der Waals surface area contributed by atoms with Gasteiger partial charge in [-0.05, 0) is 12.5 Å². The summed E-state index contributed by atoms with van der Waals surface area (Å²) in [5, 5.41) is 19.1. The van der Waals surface area contributed by atoms with Gasteiger partial charge in [-0.1, -0.05) is 35.5 Å². The molecular formula is C21H26N4O5. The highest BCUT2D eigenvalue weighted by molar-refractivity contribution is 5.92. The van der Waals surface area contributed by atoms with Crippen molar-refractivity contribution in [3.8, 4) is 0 Å². The second-order valence-electron chi connectivity index (χ2n) is 7.43. The molecule has 0 radical (unpaired) electrons. The molecule has 3 N–H and O–H groups in total. The van der Waals surface area contributed by atoms with Gasteiger partial charge in [0.05, 0.1) is 18.2 Å². The quantitative estimate of drug-likeness (QED) is 0.584. The summed E-state index contributed by atoms with van der Waals surface area (Å²) in [6.07, 6.45) is -0.444. The van der Waals surface area contributed by atoms with Crippen LogP contribution in [0.2, 0.25) is 0 Å². The number of nitrogens with one attached hydrogen (secondary N) is 2. The fraction of sp³-hybridized carbons (Fsp3) is 0.429. The maximum Gasteiger partial charge on any atom is 0.243 e. The first-order chi connectivity index (χ1) is 14.4. The molecule has 0 unspecified atom stereocenters. The second kappa shape index (κ2) is 9.53. The van der Waals surface area contributed by atoms with E-state index in [-0.39, 0.29) is 31.2 Å². The zero-order valence-electron chi connectivity index (χ0n) is 17.0. The Morgan fingerprint density at radius 2 is 2.03 bits per heavy atom. The fourth-order valence-corrected chi connectivity index (χ4v) is 3.59. The monoisotopic (exact) mass is 414 g/mol. The van der Waals surface area contributed by atoms with E-state index in [1.54, 1.807) is 13.0 Å². The smallest absolute Gasteiger partial charge is 0.243 e. The number of carbonyl (C=O) groups is 3. The van der Waals surface area contributed by atoms with Gasteiger partial charge in [-0.25, -0.2) is 0 Å². The number of rotatable bonds is 7. The Balaban J connectivity index is 1.70. The van der Waals surface area contributed by atoms with E-state index in [1.165, 1.54) is 11.9 Å². The van der Waals surface area contributed by atoms with Gasteiger partial charge >= 0.3 is 0 Å². The molecule has 0 saturated carbocycles. The van der Waals surface area contributed by atoms with Crippen molar-refractivity contribution in [1.29, 1.82) is 0 Å². The average molecular weight is 414 g/mol. The van der Waals surface area contributed by atoms with Crippen LogP contribution in [0.15, 0.2) is 40.9 Å². The van der Waals surface area contributed by atoms with E-state index in [0.717, 1.165) is 5.56 Å². The summed E-state index contributed by atoms with van der Waals surface area (Å²) >= 11 is 0. The molecule has 3 rings (SSSR count). The summed E-state index contributed by atoms with van der Waals surface area (Å²) < 4.78 is 5.08. The van der Waals surface area contributed by atoms with E-state index in [9.17, 15) is 19.5 Å². The number of likely N-dealkylation sites (N-methyl/N-ethyl adjacent to an activating group) is 1. The fourth-order valence-electron chi connectivity index (χ4n) is 3.59. The topological polar surface area (TPSA) is 125 Å². The number of amides is 3. The van der Waals surface area contributed by atoms with E-state index in [1.807, 2.05) is 30.3 Å². The van der Waals surface area contributed by atoms with E-state index >= 15 is 0 Å². The van der Waals surface area contributed by atoms with Crippen LogP contribution in [0.1, 0.15) is 23.4 Å². The summed E-state index contributed by atoms with van der Waals surface area (Å²) in [5.41, 5.74) is 1.55. The maximum absolute atomic E-state index is 13.0. The van der Waals surface area contributed by atoms with Crippen molar-refractivity contribution in [3.63, 3.8) is 0 Å². The summed E-state index contributed by atoms with van der Waals surface area (Å²) in [4.78, 5) is 39.3. The average Bonchev–Trinajstić information content (AvgIpc) is 3.32. The largest absolute Gasteiger partial charge is 0.391 e. The van der Waals surface area contributed by atoms with Crippen LogP contribution in [0, 0.1) is 6.92 Å². The third-order valence-corrected chi connectivity index (χ3v) is 5.07. The predicted molar refractivity (Wildman–Crippen MR) is 107 cm³/mol. The van der Waals surface area contributed by atoms with Gasteiger partial charge in [0, 0.05) is 32.5 Å². The van der Waals surface area contributed by atoms with Crippen LogP contribution in [0.25, 0.3) is 0 Å². The first kappa shape index (κ1) is 21.5. The van der Waals surface area contributed by atoms with Crippen LogP contribution in [-0.2, 0) is 27.2 Å². The maximum atomic E-state index is 13.0. The van der Waals surface area contributed by atoms with Gasteiger partial charge in [0.1, 0.15) is 17.8 Å². The summed E-state index contributed by atoms with van der Waals surface area (Å²) in [5.74, 6) is -0.758. The normalized spacial score (nSPS) is 19.4. The molecule has 1 saturated heterocycles.